The predicted molar refractivity (Wildman–Crippen MR) is 92.9 cm³/mol. The molecule has 1 aliphatic heterocycles. The second-order valence-electron chi connectivity index (χ2n) is 5.49. The largest absolute Gasteiger partial charge is 0.470 e. The van der Waals surface area contributed by atoms with Gasteiger partial charge in [-0.3, -0.25) is 0 Å². The summed E-state index contributed by atoms with van der Waals surface area (Å²) in [5, 5.41) is 0. The van der Waals surface area contributed by atoms with Gasteiger partial charge in [-0.25, -0.2) is 14.2 Å². The van der Waals surface area contributed by atoms with Crippen LogP contribution in [0, 0.1) is 5.82 Å². The average Bonchev–Trinajstić information content (AvgIpc) is 2.63. The van der Waals surface area contributed by atoms with Crippen molar-refractivity contribution >= 4 is 11.8 Å². The molecule has 130 valence electrons. The number of fused-ring (bicyclic) bond motifs is 1. The van der Waals surface area contributed by atoms with Crippen LogP contribution < -0.4 is 9.47 Å². The first kappa shape index (κ1) is 17.0. The number of hydrogen-bond acceptors (Lipinski definition) is 4. The Kier molecular flexibility index (Phi) is 4.97. The number of ether oxygens (including phenoxy) is 2. The van der Waals surface area contributed by atoms with Crippen molar-refractivity contribution in [3.05, 3.63) is 59.4 Å². The van der Waals surface area contributed by atoms with Crippen molar-refractivity contribution in [1.82, 2.24) is 4.90 Å². The second kappa shape index (κ2) is 7.34. The van der Waals surface area contributed by atoms with Crippen molar-refractivity contribution < 1.29 is 18.7 Å². The fraction of sp³-hybridized carbons (Fsp3) is 0.263. The molecule has 0 unspecified atom stereocenters. The third kappa shape index (κ3) is 3.63. The van der Waals surface area contributed by atoms with E-state index in [-0.39, 0.29) is 12.5 Å². The third-order valence-corrected chi connectivity index (χ3v) is 4.00. The lowest BCUT2D eigenvalue weighted by molar-refractivity contribution is 0.157. The van der Waals surface area contributed by atoms with E-state index in [1.165, 1.54) is 12.1 Å². The van der Waals surface area contributed by atoms with Crippen LogP contribution in [0.25, 0.3) is 0 Å². The highest BCUT2D eigenvalue weighted by molar-refractivity contribution is 6.15. The van der Waals surface area contributed by atoms with Crippen LogP contribution >= 0.6 is 0 Å². The summed E-state index contributed by atoms with van der Waals surface area (Å²) in [4.78, 5) is 18.0. The Morgan fingerprint density at radius 2 is 1.92 bits per heavy atom. The number of hydrogen-bond donors (Lipinski definition) is 0. The fourth-order valence-electron chi connectivity index (χ4n) is 2.63. The fourth-order valence-corrected chi connectivity index (χ4v) is 2.63. The summed E-state index contributed by atoms with van der Waals surface area (Å²) in [7, 11) is 0. The maximum absolute atomic E-state index is 13.1. The normalized spacial score (nSPS) is 12.7. The van der Waals surface area contributed by atoms with Gasteiger partial charge in [0.2, 0.25) is 0 Å². The van der Waals surface area contributed by atoms with Crippen LogP contribution in [0.1, 0.15) is 25.0 Å². The zero-order valence-corrected chi connectivity index (χ0v) is 14.2. The average molecular weight is 342 g/mol. The van der Waals surface area contributed by atoms with Gasteiger partial charge in [0.05, 0.1) is 5.71 Å². The number of aliphatic imine (C=N–C) groups is 1. The van der Waals surface area contributed by atoms with Gasteiger partial charge < -0.3 is 14.4 Å². The summed E-state index contributed by atoms with van der Waals surface area (Å²) >= 11 is 0. The van der Waals surface area contributed by atoms with Crippen molar-refractivity contribution in [3.8, 4) is 11.5 Å². The maximum Gasteiger partial charge on any atom is 0.415 e. The van der Waals surface area contributed by atoms with E-state index in [9.17, 15) is 9.18 Å². The number of benzene rings is 2. The van der Waals surface area contributed by atoms with Gasteiger partial charge in [0, 0.05) is 30.3 Å². The van der Waals surface area contributed by atoms with Gasteiger partial charge in [-0.2, -0.15) is 0 Å². The molecule has 0 bridgehead atoms. The molecule has 0 aromatic heterocycles. The summed E-state index contributed by atoms with van der Waals surface area (Å²) in [6.07, 6.45) is -0.395. The van der Waals surface area contributed by atoms with Crippen molar-refractivity contribution in [2.24, 2.45) is 4.99 Å². The predicted octanol–water partition coefficient (Wildman–Crippen LogP) is 3.85. The molecular weight excluding hydrogens is 323 g/mol. The monoisotopic (exact) mass is 342 g/mol. The van der Waals surface area contributed by atoms with Gasteiger partial charge in [-0.15, -0.1) is 0 Å². The molecule has 0 saturated carbocycles. The van der Waals surface area contributed by atoms with E-state index in [4.69, 9.17) is 9.47 Å². The zero-order chi connectivity index (χ0) is 17.8. The van der Waals surface area contributed by atoms with E-state index in [0.29, 0.717) is 24.6 Å². The molecule has 1 heterocycles. The molecule has 0 N–H and O–H groups in total. The Balaban J connectivity index is 1.85. The Morgan fingerprint density at radius 1 is 1.20 bits per heavy atom. The molecule has 0 fully saturated rings. The van der Waals surface area contributed by atoms with Crippen molar-refractivity contribution in [2.45, 2.75) is 13.8 Å². The molecule has 5 nitrogen and oxygen atoms in total. The summed E-state index contributed by atoms with van der Waals surface area (Å²) in [6.45, 7) is 5.11. The molecule has 25 heavy (non-hydrogen) atoms. The first-order chi connectivity index (χ1) is 12.1. The van der Waals surface area contributed by atoms with E-state index in [2.05, 4.69) is 4.99 Å². The van der Waals surface area contributed by atoms with Gasteiger partial charge in [-0.05, 0) is 50.2 Å². The highest BCUT2D eigenvalue weighted by Crippen LogP contribution is 2.30. The SMILES string of the molecule is CCN(CC)C(=O)Oc1ccc2c(c1)OCN=C2c1ccc(F)cc1. The van der Waals surface area contributed by atoms with E-state index >= 15 is 0 Å². The number of rotatable bonds is 4. The molecule has 0 spiro atoms. The topological polar surface area (TPSA) is 51.1 Å². The van der Waals surface area contributed by atoms with Crippen LogP contribution in [0.2, 0.25) is 0 Å². The Bertz CT molecular complexity index is 799. The van der Waals surface area contributed by atoms with Crippen molar-refractivity contribution in [1.29, 1.82) is 0 Å². The maximum atomic E-state index is 13.1. The van der Waals surface area contributed by atoms with Gasteiger partial charge in [0.15, 0.2) is 6.73 Å². The minimum atomic E-state index is -0.395. The van der Waals surface area contributed by atoms with Gasteiger partial charge >= 0.3 is 6.09 Å². The number of amides is 1. The van der Waals surface area contributed by atoms with Gasteiger partial charge in [0.1, 0.15) is 17.3 Å². The summed E-state index contributed by atoms with van der Waals surface area (Å²) in [5.74, 6) is 0.700. The summed E-state index contributed by atoms with van der Waals surface area (Å²) < 4.78 is 24.1. The number of halogens is 1. The van der Waals surface area contributed by atoms with Crippen molar-refractivity contribution in [2.75, 3.05) is 19.8 Å². The Labute approximate surface area is 145 Å². The highest BCUT2D eigenvalue weighted by atomic mass is 19.1. The van der Waals surface area contributed by atoms with Crippen LogP contribution in [0.5, 0.6) is 11.5 Å². The minimum absolute atomic E-state index is 0.160. The number of carbonyl (C=O) groups is 1. The zero-order valence-electron chi connectivity index (χ0n) is 14.2. The molecule has 0 saturated heterocycles. The molecule has 2 aromatic rings. The van der Waals surface area contributed by atoms with E-state index in [0.717, 1.165) is 16.8 Å². The standard InChI is InChI=1S/C19H19FN2O3/c1-3-22(4-2)19(23)25-15-9-10-16-17(11-15)24-12-21-18(16)13-5-7-14(20)8-6-13/h5-11H,3-4,12H2,1-2H3. The van der Waals surface area contributed by atoms with Crippen LogP contribution in [-0.4, -0.2) is 36.5 Å². The Morgan fingerprint density at radius 3 is 2.60 bits per heavy atom. The lowest BCUT2D eigenvalue weighted by Crippen LogP contribution is -2.33. The molecule has 3 rings (SSSR count). The highest BCUT2D eigenvalue weighted by Gasteiger charge is 2.19. The van der Waals surface area contributed by atoms with Crippen LogP contribution in [-0.2, 0) is 0 Å². The first-order valence-electron chi connectivity index (χ1n) is 8.16. The molecule has 0 atom stereocenters. The van der Waals surface area contributed by atoms with Crippen molar-refractivity contribution in [3.63, 3.8) is 0 Å². The molecule has 6 heteroatoms. The molecular formula is C19H19FN2O3. The molecule has 1 amide bonds. The third-order valence-electron chi connectivity index (χ3n) is 4.00. The van der Waals surface area contributed by atoms with Gasteiger partial charge in [0.25, 0.3) is 0 Å². The first-order valence-corrected chi connectivity index (χ1v) is 8.16. The minimum Gasteiger partial charge on any atom is -0.470 e. The molecule has 1 aliphatic rings. The number of nitrogens with zero attached hydrogens (tertiary/aromatic N) is 2. The lowest BCUT2D eigenvalue weighted by Gasteiger charge is -2.20. The second-order valence-corrected chi connectivity index (χ2v) is 5.49. The van der Waals surface area contributed by atoms with Crippen LogP contribution in [0.3, 0.4) is 0 Å². The molecule has 0 radical (unpaired) electrons. The summed E-state index contributed by atoms with van der Waals surface area (Å²) in [5.41, 5.74) is 2.31. The van der Waals surface area contributed by atoms with Crippen LogP contribution in [0.15, 0.2) is 47.5 Å². The quantitative estimate of drug-likeness (QED) is 0.848. The smallest absolute Gasteiger partial charge is 0.415 e. The summed E-state index contributed by atoms with van der Waals surface area (Å²) in [6, 6.07) is 11.3. The van der Waals surface area contributed by atoms with E-state index in [1.807, 2.05) is 13.8 Å². The van der Waals surface area contributed by atoms with E-state index in [1.54, 1.807) is 35.2 Å². The Hall–Kier alpha value is -2.89. The van der Waals surface area contributed by atoms with Gasteiger partial charge in [-0.1, -0.05) is 0 Å². The van der Waals surface area contributed by atoms with Crippen LogP contribution in [0.4, 0.5) is 9.18 Å². The lowest BCUT2D eigenvalue weighted by atomic mass is 10.0. The van der Waals surface area contributed by atoms with E-state index < -0.39 is 6.09 Å². The molecule has 2 aromatic carbocycles. The number of carbonyl (C=O) groups excluding carboxylic acids is 1. The molecule has 0 aliphatic carbocycles.